The smallest absolute Gasteiger partial charge is 0.241 e. The largest absolute Gasteiger partial charge is 0.497 e. The molecule has 0 saturated carbocycles. The van der Waals surface area contributed by atoms with Crippen LogP contribution in [-0.4, -0.2) is 49.1 Å². The number of amides is 1. The minimum atomic E-state index is 0.182. The molecule has 0 aliphatic carbocycles. The molecule has 1 amide bonds. The number of benzene rings is 2. The lowest BCUT2D eigenvalue weighted by Crippen LogP contribution is -2.43. The Hall–Kier alpha value is -2.79. The van der Waals surface area contributed by atoms with Crippen LogP contribution in [0.2, 0.25) is 0 Å². The standard InChI is InChI=1S/C25H31N3O2/c1-4-28(24-8-6-5-7-18(24)2)25(29)17-27-13-11-19(12-14-27)22-16-26-23-10-9-20(30-3)15-21(22)23/h5-10,15-16,19,26H,4,11-14,17H2,1-3H3. The number of ether oxygens (including phenoxy) is 1. The molecule has 0 spiro atoms. The summed E-state index contributed by atoms with van der Waals surface area (Å²) >= 11 is 0. The predicted octanol–water partition coefficient (Wildman–Crippen LogP) is 4.72. The topological polar surface area (TPSA) is 48.6 Å². The van der Waals surface area contributed by atoms with Crippen LogP contribution in [0.3, 0.4) is 0 Å². The Bertz CT molecular complexity index is 1020. The van der Waals surface area contributed by atoms with Crippen molar-refractivity contribution in [3.05, 3.63) is 59.8 Å². The van der Waals surface area contributed by atoms with Crippen molar-refractivity contribution in [2.75, 3.05) is 38.2 Å². The third kappa shape index (κ3) is 4.08. The lowest BCUT2D eigenvalue weighted by Gasteiger charge is -2.33. The molecule has 0 atom stereocenters. The summed E-state index contributed by atoms with van der Waals surface area (Å²) in [7, 11) is 1.71. The van der Waals surface area contributed by atoms with Gasteiger partial charge in [-0.2, -0.15) is 0 Å². The van der Waals surface area contributed by atoms with E-state index < -0.39 is 0 Å². The van der Waals surface area contributed by atoms with Gasteiger partial charge in [-0.05, 0) is 81.1 Å². The molecule has 2 aromatic carbocycles. The predicted molar refractivity (Wildman–Crippen MR) is 122 cm³/mol. The third-order valence-corrected chi connectivity index (χ3v) is 6.33. The van der Waals surface area contributed by atoms with Crippen LogP contribution in [0.15, 0.2) is 48.7 Å². The van der Waals surface area contributed by atoms with E-state index >= 15 is 0 Å². The van der Waals surface area contributed by atoms with Crippen LogP contribution in [0.5, 0.6) is 5.75 Å². The van der Waals surface area contributed by atoms with Gasteiger partial charge in [0.25, 0.3) is 0 Å². The summed E-state index contributed by atoms with van der Waals surface area (Å²) in [6.07, 6.45) is 4.27. The van der Waals surface area contributed by atoms with E-state index in [1.54, 1.807) is 7.11 Å². The van der Waals surface area contributed by atoms with E-state index in [1.165, 1.54) is 10.9 Å². The number of hydrogen-bond donors (Lipinski definition) is 1. The average Bonchev–Trinajstić information content (AvgIpc) is 3.19. The molecule has 1 aliphatic rings. The van der Waals surface area contributed by atoms with Crippen LogP contribution in [0, 0.1) is 6.92 Å². The summed E-state index contributed by atoms with van der Waals surface area (Å²) in [5, 5.41) is 1.25. The Morgan fingerprint density at radius 3 is 2.67 bits per heavy atom. The normalized spacial score (nSPS) is 15.4. The molecule has 1 fully saturated rings. The van der Waals surface area contributed by atoms with E-state index in [9.17, 15) is 4.79 Å². The molecule has 0 radical (unpaired) electrons. The van der Waals surface area contributed by atoms with Crippen molar-refractivity contribution in [1.82, 2.24) is 9.88 Å². The first-order valence-corrected chi connectivity index (χ1v) is 10.8. The number of anilines is 1. The highest BCUT2D eigenvalue weighted by Crippen LogP contribution is 2.34. The first-order valence-electron chi connectivity index (χ1n) is 10.8. The molecule has 1 N–H and O–H groups in total. The SMILES string of the molecule is CCN(C(=O)CN1CCC(c2c[nH]c3ccc(OC)cc23)CC1)c1ccccc1C. The van der Waals surface area contributed by atoms with Gasteiger partial charge in [-0.25, -0.2) is 0 Å². The Balaban J connectivity index is 1.40. The fraction of sp³-hybridized carbons (Fsp3) is 0.400. The van der Waals surface area contributed by atoms with Gasteiger partial charge in [-0.15, -0.1) is 0 Å². The van der Waals surface area contributed by atoms with E-state index in [4.69, 9.17) is 4.74 Å². The van der Waals surface area contributed by atoms with Gasteiger partial charge in [0, 0.05) is 29.3 Å². The van der Waals surface area contributed by atoms with Gasteiger partial charge in [-0.1, -0.05) is 18.2 Å². The van der Waals surface area contributed by atoms with Crippen LogP contribution >= 0.6 is 0 Å². The van der Waals surface area contributed by atoms with Crippen molar-refractivity contribution in [3.8, 4) is 5.75 Å². The number of para-hydroxylation sites is 1. The zero-order valence-corrected chi connectivity index (χ0v) is 18.1. The number of hydrogen-bond acceptors (Lipinski definition) is 3. The Morgan fingerprint density at radius 2 is 1.97 bits per heavy atom. The van der Waals surface area contributed by atoms with Crippen LogP contribution in [0.25, 0.3) is 10.9 Å². The van der Waals surface area contributed by atoms with E-state index in [2.05, 4.69) is 41.2 Å². The van der Waals surface area contributed by atoms with E-state index in [1.807, 2.05) is 36.1 Å². The number of carbonyl (C=O) groups is 1. The lowest BCUT2D eigenvalue weighted by atomic mass is 9.89. The molecule has 5 heteroatoms. The average molecular weight is 406 g/mol. The number of aromatic nitrogens is 1. The van der Waals surface area contributed by atoms with Crippen molar-refractivity contribution in [2.24, 2.45) is 0 Å². The minimum Gasteiger partial charge on any atom is -0.497 e. The zero-order chi connectivity index (χ0) is 21.1. The number of nitrogens with zero attached hydrogens (tertiary/aromatic N) is 2. The van der Waals surface area contributed by atoms with Gasteiger partial charge >= 0.3 is 0 Å². The first-order chi connectivity index (χ1) is 14.6. The van der Waals surface area contributed by atoms with Gasteiger partial charge in [0.1, 0.15) is 5.75 Å². The minimum absolute atomic E-state index is 0.182. The second-order valence-electron chi connectivity index (χ2n) is 8.13. The van der Waals surface area contributed by atoms with Crippen LogP contribution in [0.4, 0.5) is 5.69 Å². The number of aryl methyl sites for hydroxylation is 1. The number of rotatable bonds is 6. The Labute approximate surface area is 178 Å². The van der Waals surface area contributed by atoms with Crippen LogP contribution < -0.4 is 9.64 Å². The molecule has 5 nitrogen and oxygen atoms in total. The van der Waals surface area contributed by atoms with Gasteiger partial charge in [-0.3, -0.25) is 9.69 Å². The number of carbonyl (C=O) groups excluding carboxylic acids is 1. The van der Waals surface area contributed by atoms with E-state index in [-0.39, 0.29) is 5.91 Å². The van der Waals surface area contributed by atoms with Gasteiger partial charge in [0.05, 0.1) is 13.7 Å². The van der Waals surface area contributed by atoms with Crippen molar-refractivity contribution < 1.29 is 9.53 Å². The van der Waals surface area contributed by atoms with Crippen molar-refractivity contribution >= 4 is 22.5 Å². The van der Waals surface area contributed by atoms with Crippen molar-refractivity contribution in [1.29, 1.82) is 0 Å². The molecule has 1 saturated heterocycles. The van der Waals surface area contributed by atoms with E-state index in [0.29, 0.717) is 19.0 Å². The number of likely N-dealkylation sites (tertiary alicyclic amines) is 1. The number of likely N-dealkylation sites (N-methyl/N-ethyl adjacent to an activating group) is 1. The van der Waals surface area contributed by atoms with Gasteiger partial charge in [0.2, 0.25) is 5.91 Å². The lowest BCUT2D eigenvalue weighted by molar-refractivity contribution is -0.120. The number of nitrogens with one attached hydrogen (secondary N) is 1. The molecule has 3 aromatic rings. The van der Waals surface area contributed by atoms with Gasteiger partial charge in [0.15, 0.2) is 0 Å². The van der Waals surface area contributed by atoms with Gasteiger partial charge < -0.3 is 14.6 Å². The number of methoxy groups -OCH3 is 1. The maximum atomic E-state index is 13.0. The number of fused-ring (bicyclic) bond motifs is 1. The molecular weight excluding hydrogens is 374 g/mol. The molecule has 1 aliphatic heterocycles. The molecule has 30 heavy (non-hydrogen) atoms. The second kappa shape index (κ2) is 8.92. The summed E-state index contributed by atoms with van der Waals surface area (Å²) in [5.41, 5.74) is 4.68. The third-order valence-electron chi connectivity index (χ3n) is 6.33. The molecule has 4 rings (SSSR count). The second-order valence-corrected chi connectivity index (χ2v) is 8.13. The molecule has 0 unspecified atom stereocenters. The summed E-state index contributed by atoms with van der Waals surface area (Å²) in [4.78, 5) is 20.6. The summed E-state index contributed by atoms with van der Waals surface area (Å²) in [6.45, 7) is 7.17. The number of piperidine rings is 1. The fourth-order valence-corrected chi connectivity index (χ4v) is 4.61. The number of aromatic amines is 1. The fourth-order valence-electron chi connectivity index (χ4n) is 4.61. The summed E-state index contributed by atoms with van der Waals surface area (Å²) < 4.78 is 5.41. The van der Waals surface area contributed by atoms with Crippen LogP contribution in [-0.2, 0) is 4.79 Å². The molecule has 0 bridgehead atoms. The first kappa shape index (κ1) is 20.5. The molecule has 1 aromatic heterocycles. The maximum absolute atomic E-state index is 13.0. The quantitative estimate of drug-likeness (QED) is 0.646. The molecule has 2 heterocycles. The maximum Gasteiger partial charge on any atom is 0.241 e. The van der Waals surface area contributed by atoms with E-state index in [0.717, 1.165) is 48.4 Å². The zero-order valence-electron chi connectivity index (χ0n) is 18.1. The number of H-pyrrole nitrogens is 1. The Kier molecular flexibility index (Phi) is 6.09. The highest BCUT2D eigenvalue weighted by Gasteiger charge is 2.26. The van der Waals surface area contributed by atoms with Crippen molar-refractivity contribution in [3.63, 3.8) is 0 Å². The van der Waals surface area contributed by atoms with Crippen LogP contribution in [0.1, 0.15) is 36.8 Å². The molecular formula is C25H31N3O2. The Morgan fingerprint density at radius 1 is 1.20 bits per heavy atom. The van der Waals surface area contributed by atoms with Crippen molar-refractivity contribution in [2.45, 2.75) is 32.6 Å². The highest BCUT2D eigenvalue weighted by molar-refractivity contribution is 5.95. The monoisotopic (exact) mass is 405 g/mol. The summed E-state index contributed by atoms with van der Waals surface area (Å²) in [6, 6.07) is 14.3. The highest BCUT2D eigenvalue weighted by atomic mass is 16.5. The molecule has 158 valence electrons. The summed E-state index contributed by atoms with van der Waals surface area (Å²) in [5.74, 6) is 1.58.